The molecular formula is C14H11BIN. The normalized spacial score (nSPS) is 13.1. The summed E-state index contributed by atoms with van der Waals surface area (Å²) in [6, 6.07) is 17.0. The summed E-state index contributed by atoms with van der Waals surface area (Å²) in [5, 5.41) is 3.54. The van der Waals surface area contributed by atoms with Gasteiger partial charge in [-0.2, -0.15) is 0 Å². The van der Waals surface area contributed by atoms with Crippen molar-refractivity contribution in [2.75, 3.05) is 5.23 Å². The Morgan fingerprint density at radius 2 is 1.71 bits per heavy atom. The number of anilines is 1. The third kappa shape index (κ3) is 2.24. The van der Waals surface area contributed by atoms with Crippen molar-refractivity contribution in [1.82, 2.24) is 0 Å². The molecule has 0 atom stereocenters. The lowest BCUT2D eigenvalue weighted by Gasteiger charge is -2.19. The summed E-state index contributed by atoms with van der Waals surface area (Å²) in [6.07, 6.45) is 2.19. The Labute approximate surface area is 115 Å². The highest BCUT2D eigenvalue weighted by Gasteiger charge is 2.18. The second kappa shape index (κ2) is 4.57. The van der Waals surface area contributed by atoms with Gasteiger partial charge in [0.1, 0.15) is 0 Å². The molecule has 0 aliphatic carbocycles. The Hall–Kier alpha value is -1.23. The molecule has 0 spiro atoms. The molecule has 0 bridgehead atoms. The number of hydrogen-bond acceptors (Lipinski definition) is 1. The van der Waals surface area contributed by atoms with E-state index in [-0.39, 0.29) is 6.85 Å². The Morgan fingerprint density at radius 1 is 0.941 bits per heavy atom. The monoisotopic (exact) mass is 331 g/mol. The van der Waals surface area contributed by atoms with Crippen LogP contribution in [-0.2, 0) is 0 Å². The Kier molecular flexibility index (Phi) is 2.93. The predicted octanol–water partition coefficient (Wildman–Crippen LogP) is 3.17. The van der Waals surface area contributed by atoms with E-state index >= 15 is 0 Å². The third-order valence-electron chi connectivity index (χ3n) is 2.97. The average molecular weight is 331 g/mol. The van der Waals surface area contributed by atoms with Crippen LogP contribution < -0.4 is 10.7 Å². The molecule has 0 fully saturated rings. The summed E-state index contributed by atoms with van der Waals surface area (Å²) in [5.74, 6) is 2.21. The molecule has 2 aromatic rings. The van der Waals surface area contributed by atoms with Gasteiger partial charge in [0.15, 0.2) is 0 Å². The van der Waals surface area contributed by atoms with Crippen molar-refractivity contribution in [3.63, 3.8) is 0 Å². The summed E-state index contributed by atoms with van der Waals surface area (Å²) < 4.78 is 1.27. The van der Waals surface area contributed by atoms with Gasteiger partial charge in [0.05, 0.1) is 0 Å². The third-order valence-corrected chi connectivity index (χ3v) is 3.69. The Morgan fingerprint density at radius 3 is 2.53 bits per heavy atom. The number of halogens is 1. The van der Waals surface area contributed by atoms with Gasteiger partial charge in [0.25, 0.3) is 0 Å². The summed E-state index contributed by atoms with van der Waals surface area (Å²) in [6.45, 7) is 0.280. The number of nitrogens with one attached hydrogen (secondary N) is 1. The molecule has 1 heterocycles. The maximum atomic E-state index is 3.54. The van der Waals surface area contributed by atoms with Crippen molar-refractivity contribution in [3.8, 4) is 0 Å². The minimum absolute atomic E-state index is 0.280. The molecule has 3 heteroatoms. The van der Waals surface area contributed by atoms with Crippen LogP contribution in [0.3, 0.4) is 0 Å². The highest BCUT2D eigenvalue weighted by molar-refractivity contribution is 14.1. The SMILES string of the molecule is Ic1ccc(B2C=Cc3ccccc3N2)cc1. The van der Waals surface area contributed by atoms with Crippen LogP contribution in [0.4, 0.5) is 5.69 Å². The van der Waals surface area contributed by atoms with E-state index in [0.717, 1.165) is 0 Å². The van der Waals surface area contributed by atoms with Crippen LogP contribution in [0.5, 0.6) is 0 Å². The second-order valence-electron chi connectivity index (χ2n) is 4.12. The van der Waals surface area contributed by atoms with Gasteiger partial charge in [-0.05, 0) is 46.4 Å². The number of fused-ring (bicyclic) bond motifs is 1. The molecule has 0 radical (unpaired) electrons. The van der Waals surface area contributed by atoms with Gasteiger partial charge in [-0.15, -0.1) is 0 Å². The standard InChI is InChI=1S/C14H11BIN/c16-13-7-5-12(6-8-13)15-10-9-11-3-1-2-4-14(11)17-15/h1-10,17H. The molecule has 1 aliphatic heterocycles. The first kappa shape index (κ1) is 10.9. The van der Waals surface area contributed by atoms with E-state index in [2.05, 4.69) is 88.4 Å². The van der Waals surface area contributed by atoms with Crippen LogP contribution in [0.2, 0.25) is 0 Å². The zero-order chi connectivity index (χ0) is 11.7. The Bertz CT molecular complexity index is 563. The maximum Gasteiger partial charge on any atom is 0.313 e. The fraction of sp³-hybridized carbons (Fsp3) is 0. The smallest absolute Gasteiger partial charge is 0.313 e. The van der Waals surface area contributed by atoms with E-state index in [1.165, 1.54) is 20.3 Å². The van der Waals surface area contributed by atoms with E-state index in [1.807, 2.05) is 0 Å². The topological polar surface area (TPSA) is 12.0 Å². The fourth-order valence-electron chi connectivity index (χ4n) is 2.05. The quantitative estimate of drug-likeness (QED) is 0.625. The van der Waals surface area contributed by atoms with Crippen LogP contribution in [0.1, 0.15) is 5.56 Å². The van der Waals surface area contributed by atoms with Gasteiger partial charge in [-0.3, -0.25) is 0 Å². The molecule has 2 aromatic carbocycles. The van der Waals surface area contributed by atoms with E-state index in [9.17, 15) is 0 Å². The van der Waals surface area contributed by atoms with Gasteiger partial charge < -0.3 is 5.23 Å². The van der Waals surface area contributed by atoms with Crippen molar-refractivity contribution in [2.45, 2.75) is 0 Å². The van der Waals surface area contributed by atoms with Gasteiger partial charge in [0.2, 0.25) is 0 Å². The molecule has 3 rings (SSSR count). The van der Waals surface area contributed by atoms with Gasteiger partial charge in [-0.25, -0.2) is 0 Å². The van der Waals surface area contributed by atoms with Crippen molar-refractivity contribution < 1.29 is 0 Å². The van der Waals surface area contributed by atoms with Crippen molar-refractivity contribution >= 4 is 46.7 Å². The molecule has 0 aromatic heterocycles. The molecule has 82 valence electrons. The highest BCUT2D eigenvalue weighted by atomic mass is 127. The van der Waals surface area contributed by atoms with Crippen LogP contribution in [-0.4, -0.2) is 6.85 Å². The predicted molar refractivity (Wildman–Crippen MR) is 83.6 cm³/mol. The lowest BCUT2D eigenvalue weighted by atomic mass is 9.54. The summed E-state index contributed by atoms with van der Waals surface area (Å²) in [4.78, 5) is 0. The first-order chi connectivity index (χ1) is 8.33. The van der Waals surface area contributed by atoms with Gasteiger partial charge in [0, 0.05) is 9.26 Å². The maximum absolute atomic E-state index is 3.54. The number of benzene rings is 2. The van der Waals surface area contributed by atoms with Crippen molar-refractivity contribution in [2.24, 2.45) is 0 Å². The van der Waals surface area contributed by atoms with Crippen LogP contribution in [0.15, 0.2) is 54.5 Å². The van der Waals surface area contributed by atoms with E-state index in [1.54, 1.807) is 0 Å². The minimum Gasteiger partial charge on any atom is -0.420 e. The highest BCUT2D eigenvalue weighted by Crippen LogP contribution is 2.21. The van der Waals surface area contributed by atoms with Gasteiger partial charge in [-0.1, -0.05) is 47.8 Å². The minimum atomic E-state index is 0.280. The lowest BCUT2D eigenvalue weighted by Crippen LogP contribution is -2.38. The molecule has 1 aliphatic rings. The first-order valence-electron chi connectivity index (χ1n) is 5.62. The largest absolute Gasteiger partial charge is 0.420 e. The van der Waals surface area contributed by atoms with Crippen molar-refractivity contribution in [1.29, 1.82) is 0 Å². The molecule has 1 N–H and O–H groups in total. The lowest BCUT2D eigenvalue weighted by molar-refractivity contribution is 1.59. The fourth-order valence-corrected chi connectivity index (χ4v) is 2.41. The number of hydrogen-bond donors (Lipinski definition) is 1. The molecule has 0 unspecified atom stereocenters. The molecule has 0 saturated heterocycles. The van der Waals surface area contributed by atoms with Crippen LogP contribution in [0.25, 0.3) is 6.08 Å². The molecule has 17 heavy (non-hydrogen) atoms. The Balaban J connectivity index is 1.92. The van der Waals surface area contributed by atoms with Crippen LogP contribution in [0, 0.1) is 3.57 Å². The van der Waals surface area contributed by atoms with Gasteiger partial charge >= 0.3 is 6.85 Å². The molecule has 0 saturated carbocycles. The zero-order valence-electron chi connectivity index (χ0n) is 9.23. The van der Waals surface area contributed by atoms with E-state index in [4.69, 9.17) is 0 Å². The van der Waals surface area contributed by atoms with E-state index < -0.39 is 0 Å². The number of rotatable bonds is 1. The van der Waals surface area contributed by atoms with Crippen molar-refractivity contribution in [3.05, 3.63) is 63.6 Å². The average Bonchev–Trinajstić information content (AvgIpc) is 2.39. The first-order valence-corrected chi connectivity index (χ1v) is 6.70. The summed E-state index contributed by atoms with van der Waals surface area (Å²) in [5.41, 5.74) is 3.77. The molecule has 0 amide bonds. The second-order valence-corrected chi connectivity index (χ2v) is 5.37. The summed E-state index contributed by atoms with van der Waals surface area (Å²) in [7, 11) is 0. The number of para-hydroxylation sites is 1. The summed E-state index contributed by atoms with van der Waals surface area (Å²) >= 11 is 2.33. The van der Waals surface area contributed by atoms with E-state index in [0.29, 0.717) is 0 Å². The van der Waals surface area contributed by atoms with Crippen LogP contribution >= 0.6 is 22.6 Å². The zero-order valence-corrected chi connectivity index (χ0v) is 11.4. The molecule has 1 nitrogen and oxygen atoms in total. The molecular weight excluding hydrogens is 320 g/mol.